The maximum Gasteiger partial charge on any atom is 0.264 e. The molecule has 0 bridgehead atoms. The van der Waals surface area contributed by atoms with Gasteiger partial charge in [-0.2, -0.15) is 0 Å². The molecule has 0 aliphatic rings. The molecular formula is C20H26N2O3S. The van der Waals surface area contributed by atoms with Crippen molar-refractivity contribution in [1.29, 1.82) is 0 Å². The largest absolute Gasteiger partial charge is 0.352 e. The molecule has 140 valence electrons. The van der Waals surface area contributed by atoms with Gasteiger partial charge in [-0.1, -0.05) is 32.0 Å². The van der Waals surface area contributed by atoms with Crippen molar-refractivity contribution >= 4 is 21.6 Å². The van der Waals surface area contributed by atoms with Crippen LogP contribution in [0.2, 0.25) is 0 Å². The third kappa shape index (κ3) is 4.64. The molecule has 0 aliphatic heterocycles. The Morgan fingerprint density at radius 1 is 1.12 bits per heavy atom. The summed E-state index contributed by atoms with van der Waals surface area (Å²) in [5.74, 6) is 0.380. The fourth-order valence-electron chi connectivity index (χ4n) is 2.61. The van der Waals surface area contributed by atoms with E-state index >= 15 is 0 Å². The Kier molecular flexibility index (Phi) is 6.42. The highest BCUT2D eigenvalue weighted by Crippen LogP contribution is 2.26. The van der Waals surface area contributed by atoms with Crippen molar-refractivity contribution in [3.05, 3.63) is 59.7 Å². The van der Waals surface area contributed by atoms with Crippen molar-refractivity contribution in [2.75, 3.05) is 17.9 Å². The van der Waals surface area contributed by atoms with E-state index in [4.69, 9.17) is 0 Å². The Hall–Kier alpha value is -2.34. The minimum atomic E-state index is -3.64. The zero-order valence-corrected chi connectivity index (χ0v) is 16.5. The van der Waals surface area contributed by atoms with Gasteiger partial charge in [-0.3, -0.25) is 9.10 Å². The van der Waals surface area contributed by atoms with Crippen LogP contribution in [-0.2, 0) is 10.0 Å². The van der Waals surface area contributed by atoms with Crippen molar-refractivity contribution in [2.24, 2.45) is 5.92 Å². The first-order valence-corrected chi connectivity index (χ1v) is 10.1. The molecular weight excluding hydrogens is 348 g/mol. The summed E-state index contributed by atoms with van der Waals surface area (Å²) < 4.78 is 26.8. The zero-order chi connectivity index (χ0) is 19.3. The summed E-state index contributed by atoms with van der Waals surface area (Å²) in [5, 5.41) is 2.89. The minimum Gasteiger partial charge on any atom is -0.352 e. The van der Waals surface area contributed by atoms with Gasteiger partial charge in [0.1, 0.15) is 0 Å². The average molecular weight is 375 g/mol. The maximum atomic E-state index is 12.8. The van der Waals surface area contributed by atoms with Crippen molar-refractivity contribution in [3.63, 3.8) is 0 Å². The van der Waals surface area contributed by atoms with E-state index in [1.807, 2.05) is 0 Å². The summed E-state index contributed by atoms with van der Waals surface area (Å²) in [5.41, 5.74) is 1.80. The van der Waals surface area contributed by atoms with Gasteiger partial charge in [-0.15, -0.1) is 0 Å². The first-order valence-electron chi connectivity index (χ1n) is 8.66. The molecule has 0 unspecified atom stereocenters. The second-order valence-electron chi connectivity index (χ2n) is 6.73. The van der Waals surface area contributed by atoms with Crippen LogP contribution in [0.1, 0.15) is 36.2 Å². The molecule has 0 heterocycles. The van der Waals surface area contributed by atoms with E-state index in [9.17, 15) is 13.2 Å². The molecule has 2 aromatic rings. The quantitative estimate of drug-likeness (QED) is 0.805. The standard InChI is InChI=1S/C20H26N2O3S/c1-15(2)12-13-21-20(23)17-10-11-19(16(3)14-17)22(4)26(24,25)18-8-6-5-7-9-18/h5-11,14-15H,12-13H2,1-4H3,(H,21,23). The molecule has 0 aromatic heterocycles. The zero-order valence-electron chi connectivity index (χ0n) is 15.7. The van der Waals surface area contributed by atoms with Crippen LogP contribution in [0.5, 0.6) is 0 Å². The molecule has 26 heavy (non-hydrogen) atoms. The molecule has 0 saturated carbocycles. The summed E-state index contributed by atoms with van der Waals surface area (Å²) in [7, 11) is -2.12. The second-order valence-corrected chi connectivity index (χ2v) is 8.69. The van der Waals surface area contributed by atoms with Crippen LogP contribution in [0, 0.1) is 12.8 Å². The van der Waals surface area contributed by atoms with Gasteiger partial charge in [0.2, 0.25) is 0 Å². The van der Waals surface area contributed by atoms with Gasteiger partial charge in [-0.25, -0.2) is 8.42 Å². The Balaban J connectivity index is 2.20. The molecule has 0 fully saturated rings. The predicted octanol–water partition coefficient (Wildman–Crippen LogP) is 3.60. The Labute approximate surface area is 156 Å². The molecule has 2 rings (SSSR count). The number of nitrogens with zero attached hydrogens (tertiary/aromatic N) is 1. The molecule has 1 N–H and O–H groups in total. The predicted molar refractivity (Wildman–Crippen MR) is 105 cm³/mol. The SMILES string of the molecule is Cc1cc(C(=O)NCCC(C)C)ccc1N(C)S(=O)(=O)c1ccccc1. The number of hydrogen-bond donors (Lipinski definition) is 1. The van der Waals surface area contributed by atoms with Crippen LogP contribution < -0.4 is 9.62 Å². The average Bonchev–Trinajstić information content (AvgIpc) is 2.61. The number of nitrogens with one attached hydrogen (secondary N) is 1. The van der Waals surface area contributed by atoms with Crippen LogP contribution in [0.15, 0.2) is 53.4 Å². The van der Waals surface area contributed by atoms with Gasteiger partial charge in [0, 0.05) is 19.2 Å². The normalized spacial score (nSPS) is 11.4. The van der Waals surface area contributed by atoms with Gasteiger partial charge >= 0.3 is 0 Å². The highest BCUT2D eigenvalue weighted by Gasteiger charge is 2.22. The third-order valence-corrected chi connectivity index (χ3v) is 5.99. The number of aryl methyl sites for hydroxylation is 1. The van der Waals surface area contributed by atoms with E-state index in [0.29, 0.717) is 23.7 Å². The van der Waals surface area contributed by atoms with E-state index in [1.54, 1.807) is 55.5 Å². The Bertz CT molecular complexity index is 862. The molecule has 6 heteroatoms. The number of sulfonamides is 1. The Morgan fingerprint density at radius 3 is 2.35 bits per heavy atom. The first-order chi connectivity index (χ1) is 12.2. The third-order valence-electron chi connectivity index (χ3n) is 4.21. The first kappa shape index (κ1) is 20.0. The molecule has 1 amide bonds. The molecule has 0 aliphatic carbocycles. The van der Waals surface area contributed by atoms with Crippen LogP contribution in [0.25, 0.3) is 0 Å². The number of hydrogen-bond acceptors (Lipinski definition) is 3. The lowest BCUT2D eigenvalue weighted by molar-refractivity contribution is 0.0952. The molecule has 0 saturated heterocycles. The fourth-order valence-corrected chi connectivity index (χ4v) is 3.89. The fraction of sp³-hybridized carbons (Fsp3) is 0.350. The van der Waals surface area contributed by atoms with Crippen molar-refractivity contribution in [1.82, 2.24) is 5.32 Å². The van der Waals surface area contributed by atoms with Crippen LogP contribution >= 0.6 is 0 Å². The summed E-state index contributed by atoms with van der Waals surface area (Å²) in [6.07, 6.45) is 0.918. The number of carbonyl (C=O) groups is 1. The summed E-state index contributed by atoms with van der Waals surface area (Å²) in [6.45, 7) is 6.64. The molecule has 0 spiro atoms. The minimum absolute atomic E-state index is 0.145. The lowest BCUT2D eigenvalue weighted by atomic mass is 10.1. The number of rotatable bonds is 7. The van der Waals surface area contributed by atoms with Crippen molar-refractivity contribution < 1.29 is 13.2 Å². The maximum absolute atomic E-state index is 12.8. The lowest BCUT2D eigenvalue weighted by Crippen LogP contribution is -2.28. The number of amides is 1. The molecule has 0 radical (unpaired) electrons. The topological polar surface area (TPSA) is 66.5 Å². The van der Waals surface area contributed by atoms with E-state index in [2.05, 4.69) is 19.2 Å². The highest BCUT2D eigenvalue weighted by molar-refractivity contribution is 7.92. The van der Waals surface area contributed by atoms with E-state index in [-0.39, 0.29) is 10.8 Å². The van der Waals surface area contributed by atoms with Crippen LogP contribution in [0.4, 0.5) is 5.69 Å². The molecule has 2 aromatic carbocycles. The Morgan fingerprint density at radius 2 is 1.77 bits per heavy atom. The number of benzene rings is 2. The number of carbonyl (C=O) groups excluding carboxylic acids is 1. The van der Waals surface area contributed by atoms with Gasteiger partial charge in [-0.05, 0) is 55.2 Å². The van der Waals surface area contributed by atoms with Gasteiger partial charge in [0.15, 0.2) is 0 Å². The van der Waals surface area contributed by atoms with Gasteiger partial charge in [0.05, 0.1) is 10.6 Å². The number of anilines is 1. The van der Waals surface area contributed by atoms with Crippen LogP contribution in [0.3, 0.4) is 0 Å². The van der Waals surface area contributed by atoms with Crippen LogP contribution in [-0.4, -0.2) is 27.9 Å². The second kappa shape index (κ2) is 8.36. The molecule has 0 atom stereocenters. The monoisotopic (exact) mass is 374 g/mol. The van der Waals surface area contributed by atoms with E-state index in [0.717, 1.165) is 12.0 Å². The van der Waals surface area contributed by atoms with E-state index in [1.165, 1.54) is 11.4 Å². The van der Waals surface area contributed by atoms with E-state index < -0.39 is 10.0 Å². The highest BCUT2D eigenvalue weighted by atomic mass is 32.2. The smallest absolute Gasteiger partial charge is 0.264 e. The van der Waals surface area contributed by atoms with Gasteiger partial charge < -0.3 is 5.32 Å². The summed E-state index contributed by atoms with van der Waals surface area (Å²) in [4.78, 5) is 12.5. The molecule has 5 nitrogen and oxygen atoms in total. The summed E-state index contributed by atoms with van der Waals surface area (Å²) >= 11 is 0. The lowest BCUT2D eigenvalue weighted by Gasteiger charge is -2.22. The van der Waals surface area contributed by atoms with Crippen molar-refractivity contribution in [3.8, 4) is 0 Å². The summed E-state index contributed by atoms with van der Waals surface area (Å²) in [6, 6.07) is 13.3. The van der Waals surface area contributed by atoms with Crippen molar-refractivity contribution in [2.45, 2.75) is 32.1 Å². The van der Waals surface area contributed by atoms with Gasteiger partial charge in [0.25, 0.3) is 15.9 Å².